The summed E-state index contributed by atoms with van der Waals surface area (Å²) in [5, 5.41) is 1.50. The Morgan fingerprint density at radius 1 is 1.41 bits per heavy atom. The fourth-order valence-electron chi connectivity index (χ4n) is 1.34. The molecule has 2 aromatic rings. The first-order valence-electron chi connectivity index (χ1n) is 4.93. The second-order valence-electron chi connectivity index (χ2n) is 3.42. The average molecular weight is 269 g/mol. The smallest absolute Gasteiger partial charge is 0.314 e. The van der Waals surface area contributed by atoms with Gasteiger partial charge in [-0.1, -0.05) is 11.6 Å². The molecule has 1 aromatic carbocycles. The van der Waals surface area contributed by atoms with Crippen LogP contribution in [0.2, 0.25) is 5.02 Å². The number of benzene rings is 1. The van der Waals surface area contributed by atoms with Gasteiger partial charge in [-0.25, -0.2) is 9.97 Å². The quantitative estimate of drug-likeness (QED) is 0.829. The van der Waals surface area contributed by atoms with Gasteiger partial charge in [-0.15, -0.1) is 0 Å². The van der Waals surface area contributed by atoms with Crippen LogP contribution in [0.1, 0.15) is 0 Å². The van der Waals surface area contributed by atoms with E-state index in [9.17, 15) is 4.79 Å². The standard InChI is InChI=1S/C11H10ClN3OS/c12-8-3-1-7(2-4-8)9-5-14-11(15-9)17-6-10(13)16/h1-5H,6H2,(H2,13,16)(H,14,15)/p+1. The van der Waals surface area contributed by atoms with E-state index in [2.05, 4.69) is 9.97 Å². The highest BCUT2D eigenvalue weighted by Crippen LogP contribution is 2.20. The summed E-state index contributed by atoms with van der Waals surface area (Å²) >= 11 is 7.15. The van der Waals surface area contributed by atoms with Crippen LogP contribution in [0, 0.1) is 0 Å². The molecule has 0 aliphatic carbocycles. The van der Waals surface area contributed by atoms with E-state index in [4.69, 9.17) is 17.3 Å². The SMILES string of the molecule is NC(=O)CSc1[nH]c(-c2ccc(Cl)cc2)c[nH+]1. The van der Waals surface area contributed by atoms with Gasteiger partial charge < -0.3 is 5.73 Å². The van der Waals surface area contributed by atoms with Crippen LogP contribution in [0.15, 0.2) is 35.6 Å². The maximum atomic E-state index is 10.6. The number of rotatable bonds is 4. The lowest BCUT2D eigenvalue weighted by Crippen LogP contribution is -2.14. The van der Waals surface area contributed by atoms with Crippen molar-refractivity contribution in [3.8, 4) is 11.3 Å². The minimum atomic E-state index is -0.342. The number of halogens is 1. The molecule has 6 heteroatoms. The van der Waals surface area contributed by atoms with Gasteiger partial charge in [0.2, 0.25) is 5.91 Å². The molecule has 0 bridgehead atoms. The third-order valence-electron chi connectivity index (χ3n) is 2.11. The number of imidazole rings is 1. The zero-order valence-corrected chi connectivity index (χ0v) is 10.4. The lowest BCUT2D eigenvalue weighted by atomic mass is 10.2. The Morgan fingerprint density at radius 2 is 2.12 bits per heavy atom. The van der Waals surface area contributed by atoms with Crippen molar-refractivity contribution in [2.75, 3.05) is 5.75 Å². The molecule has 0 radical (unpaired) electrons. The number of carbonyl (C=O) groups excluding carboxylic acids is 1. The van der Waals surface area contributed by atoms with E-state index in [1.807, 2.05) is 30.5 Å². The topological polar surface area (TPSA) is 73.0 Å². The highest BCUT2D eigenvalue weighted by atomic mass is 35.5. The van der Waals surface area contributed by atoms with Gasteiger partial charge in [0.15, 0.2) is 5.69 Å². The van der Waals surface area contributed by atoms with Crippen LogP contribution in [0.5, 0.6) is 0 Å². The first kappa shape index (κ1) is 12.0. The van der Waals surface area contributed by atoms with Crippen LogP contribution < -0.4 is 10.7 Å². The van der Waals surface area contributed by atoms with Crippen LogP contribution in [0.3, 0.4) is 0 Å². The van der Waals surface area contributed by atoms with Crippen molar-refractivity contribution >= 4 is 29.3 Å². The first-order chi connectivity index (χ1) is 8.15. The zero-order chi connectivity index (χ0) is 12.3. The number of hydrogen-bond donors (Lipinski definition) is 2. The largest absolute Gasteiger partial charge is 0.369 e. The Bertz CT molecular complexity index is 524. The number of aromatic nitrogens is 2. The van der Waals surface area contributed by atoms with Gasteiger partial charge in [0.1, 0.15) is 6.20 Å². The van der Waals surface area contributed by atoms with Crippen molar-refractivity contribution in [3.05, 3.63) is 35.5 Å². The molecule has 4 N–H and O–H groups in total. The van der Waals surface area contributed by atoms with Crippen LogP contribution in [0.4, 0.5) is 0 Å². The van der Waals surface area contributed by atoms with Crippen molar-refractivity contribution in [1.29, 1.82) is 0 Å². The predicted octanol–water partition coefficient (Wildman–Crippen LogP) is 1.73. The number of aromatic amines is 2. The Balaban J connectivity index is 2.12. The van der Waals surface area contributed by atoms with Crippen LogP contribution in [-0.4, -0.2) is 16.6 Å². The summed E-state index contributed by atoms with van der Waals surface area (Å²) in [4.78, 5) is 16.8. The average Bonchev–Trinajstić information content (AvgIpc) is 2.76. The van der Waals surface area contributed by atoms with Gasteiger partial charge in [-0.3, -0.25) is 4.79 Å². The third kappa shape index (κ3) is 3.25. The van der Waals surface area contributed by atoms with Crippen LogP contribution >= 0.6 is 23.4 Å². The Kier molecular flexibility index (Phi) is 3.71. The summed E-state index contributed by atoms with van der Waals surface area (Å²) < 4.78 is 0. The second-order valence-corrected chi connectivity index (χ2v) is 4.84. The first-order valence-corrected chi connectivity index (χ1v) is 6.29. The Labute approximate surface area is 108 Å². The molecule has 1 aromatic heterocycles. The molecular weight excluding hydrogens is 258 g/mol. The van der Waals surface area contributed by atoms with Gasteiger partial charge in [0, 0.05) is 10.6 Å². The molecule has 0 aliphatic rings. The van der Waals surface area contributed by atoms with E-state index in [1.165, 1.54) is 11.8 Å². The fourth-order valence-corrected chi connectivity index (χ4v) is 2.08. The molecule has 0 atom stereocenters. The van der Waals surface area contributed by atoms with Crippen LogP contribution in [0.25, 0.3) is 11.3 Å². The maximum Gasteiger partial charge on any atom is 0.314 e. The van der Waals surface area contributed by atoms with E-state index in [0.717, 1.165) is 16.4 Å². The molecule has 0 saturated heterocycles. The minimum absolute atomic E-state index is 0.247. The molecule has 1 heterocycles. The molecule has 0 aliphatic heterocycles. The Hall–Kier alpha value is -1.46. The van der Waals surface area contributed by atoms with Gasteiger partial charge in [0.25, 0.3) is 0 Å². The van der Waals surface area contributed by atoms with E-state index in [1.54, 1.807) is 0 Å². The lowest BCUT2D eigenvalue weighted by molar-refractivity contribution is -0.425. The second kappa shape index (κ2) is 5.25. The zero-order valence-electron chi connectivity index (χ0n) is 8.87. The fraction of sp³-hybridized carbons (Fsp3) is 0.0909. The summed E-state index contributed by atoms with van der Waals surface area (Å²) in [7, 11) is 0. The Morgan fingerprint density at radius 3 is 2.76 bits per heavy atom. The molecule has 2 rings (SSSR count). The van der Waals surface area contributed by atoms with E-state index in [-0.39, 0.29) is 11.7 Å². The number of primary amides is 1. The third-order valence-corrected chi connectivity index (χ3v) is 3.30. The number of amides is 1. The maximum absolute atomic E-state index is 10.6. The lowest BCUT2D eigenvalue weighted by Gasteiger charge is -1.93. The molecule has 0 fully saturated rings. The number of nitrogens with two attached hydrogens (primary N) is 1. The highest BCUT2D eigenvalue weighted by molar-refractivity contribution is 7.99. The molecule has 0 saturated carbocycles. The molecule has 4 nitrogen and oxygen atoms in total. The van der Waals surface area contributed by atoms with Crippen molar-refractivity contribution in [3.63, 3.8) is 0 Å². The van der Waals surface area contributed by atoms with Crippen molar-refractivity contribution in [2.45, 2.75) is 5.16 Å². The highest BCUT2D eigenvalue weighted by Gasteiger charge is 2.11. The van der Waals surface area contributed by atoms with Gasteiger partial charge in [0.05, 0.1) is 5.75 Å². The van der Waals surface area contributed by atoms with E-state index in [0.29, 0.717) is 5.02 Å². The summed E-state index contributed by atoms with van der Waals surface area (Å²) in [6, 6.07) is 7.50. The van der Waals surface area contributed by atoms with Crippen molar-refractivity contribution < 1.29 is 9.78 Å². The number of hydrogen-bond acceptors (Lipinski definition) is 2. The summed E-state index contributed by atoms with van der Waals surface area (Å²) in [6.45, 7) is 0. The summed E-state index contributed by atoms with van der Waals surface area (Å²) in [6.07, 6.45) is 1.84. The van der Waals surface area contributed by atoms with E-state index >= 15 is 0 Å². The molecule has 88 valence electrons. The molecular formula is C11H11ClN3OS+. The number of nitrogens with one attached hydrogen (secondary N) is 2. The summed E-state index contributed by atoms with van der Waals surface area (Å²) in [5.41, 5.74) is 7.04. The van der Waals surface area contributed by atoms with E-state index < -0.39 is 0 Å². The van der Waals surface area contributed by atoms with Crippen molar-refractivity contribution in [2.24, 2.45) is 5.73 Å². The monoisotopic (exact) mass is 268 g/mol. The molecule has 0 spiro atoms. The minimum Gasteiger partial charge on any atom is -0.369 e. The molecule has 1 amide bonds. The molecule has 0 unspecified atom stereocenters. The van der Waals surface area contributed by atoms with Gasteiger partial charge >= 0.3 is 5.16 Å². The number of thioether (sulfide) groups is 1. The van der Waals surface area contributed by atoms with Gasteiger partial charge in [-0.05, 0) is 36.0 Å². The van der Waals surface area contributed by atoms with Gasteiger partial charge in [-0.2, -0.15) is 0 Å². The predicted molar refractivity (Wildman–Crippen MR) is 67.7 cm³/mol. The number of H-pyrrole nitrogens is 2. The van der Waals surface area contributed by atoms with Crippen molar-refractivity contribution in [1.82, 2.24) is 4.98 Å². The molecule has 17 heavy (non-hydrogen) atoms. The van der Waals surface area contributed by atoms with Crippen LogP contribution in [-0.2, 0) is 4.79 Å². The number of carbonyl (C=O) groups is 1. The summed E-state index contributed by atoms with van der Waals surface area (Å²) in [5.74, 6) is -0.0945. The normalized spacial score (nSPS) is 10.4.